The molecule has 6 nitrogen and oxygen atoms in total. The summed E-state index contributed by atoms with van der Waals surface area (Å²) in [4.78, 5) is 28.5. The molecule has 1 aliphatic carbocycles. The zero-order chi connectivity index (χ0) is 38.4. The predicted molar refractivity (Wildman–Crippen MR) is 223 cm³/mol. The van der Waals surface area contributed by atoms with Gasteiger partial charge in [-0.1, -0.05) is 72.8 Å². The van der Waals surface area contributed by atoms with Crippen molar-refractivity contribution in [3.05, 3.63) is 168 Å². The van der Waals surface area contributed by atoms with Gasteiger partial charge in [0, 0.05) is 53.4 Å². The molecule has 0 amide bonds. The summed E-state index contributed by atoms with van der Waals surface area (Å²) < 4.78 is 11.1. The molecular formula is C49H48N2O4. The fourth-order valence-electron chi connectivity index (χ4n) is 8.18. The average molecular weight is 729 g/mol. The zero-order valence-electron chi connectivity index (χ0n) is 32.1. The second-order valence-corrected chi connectivity index (χ2v) is 14.4. The van der Waals surface area contributed by atoms with Crippen molar-refractivity contribution in [3.8, 4) is 11.1 Å². The molecule has 0 fully saturated rings. The number of fused-ring (bicyclic) bond motifs is 3. The Morgan fingerprint density at radius 3 is 1.24 bits per heavy atom. The van der Waals surface area contributed by atoms with Gasteiger partial charge in [0.15, 0.2) is 0 Å². The Morgan fingerprint density at radius 1 is 0.473 bits per heavy atom. The van der Waals surface area contributed by atoms with Crippen molar-refractivity contribution in [1.82, 2.24) is 0 Å². The summed E-state index contributed by atoms with van der Waals surface area (Å²) in [6.45, 7) is 7.81. The van der Waals surface area contributed by atoms with Crippen LogP contribution in [0.3, 0.4) is 0 Å². The van der Waals surface area contributed by atoms with E-state index < -0.39 is 5.41 Å². The molecule has 0 spiro atoms. The number of nitrogens with zero attached hydrogens (tertiary/aromatic N) is 2. The highest BCUT2D eigenvalue weighted by molar-refractivity contribution is 5.88. The lowest BCUT2D eigenvalue weighted by Crippen LogP contribution is -2.27. The predicted octanol–water partition coefficient (Wildman–Crippen LogP) is 12.2. The third-order valence-electron chi connectivity index (χ3n) is 10.5. The number of anilines is 6. The smallest absolute Gasteiger partial charge is 0.302 e. The van der Waals surface area contributed by atoms with Gasteiger partial charge in [-0.2, -0.15) is 0 Å². The van der Waals surface area contributed by atoms with Gasteiger partial charge in [0.2, 0.25) is 0 Å². The van der Waals surface area contributed by atoms with E-state index in [0.717, 1.165) is 47.0 Å². The standard InChI is InChI=1S/C49H48N2O4/c1-35-15-11-21-41(31-35)50(39-17-7-5-8-18-39)43-23-25-45-46-26-24-44(51(40-19-9-6-10-20-40)42-22-12-16-36(2)32-42)34-48(46)49(47(45)33-43,27-13-29-54-37(3)52)28-14-30-55-38(4)53/h5-12,15-26,31-34H,13-14,27-30H2,1-4H3. The summed E-state index contributed by atoms with van der Waals surface area (Å²) in [5.74, 6) is -0.567. The van der Waals surface area contributed by atoms with E-state index in [1.54, 1.807) is 0 Å². The molecule has 0 aliphatic heterocycles. The molecular weight excluding hydrogens is 681 g/mol. The average Bonchev–Trinajstić information content (AvgIpc) is 3.44. The monoisotopic (exact) mass is 728 g/mol. The number of aryl methyl sites for hydroxylation is 2. The van der Waals surface area contributed by atoms with Gasteiger partial charge in [-0.05, 0) is 146 Å². The van der Waals surface area contributed by atoms with Crippen LogP contribution in [0.5, 0.6) is 0 Å². The summed E-state index contributed by atoms with van der Waals surface area (Å²) in [5, 5.41) is 0. The number of rotatable bonds is 14. The van der Waals surface area contributed by atoms with Crippen molar-refractivity contribution >= 4 is 46.1 Å². The van der Waals surface area contributed by atoms with Crippen LogP contribution in [0, 0.1) is 13.8 Å². The molecule has 6 aromatic rings. The fourth-order valence-corrected chi connectivity index (χ4v) is 8.18. The molecule has 55 heavy (non-hydrogen) atoms. The minimum Gasteiger partial charge on any atom is -0.466 e. The fraction of sp³-hybridized carbons (Fsp3) is 0.224. The van der Waals surface area contributed by atoms with Gasteiger partial charge in [-0.15, -0.1) is 0 Å². The van der Waals surface area contributed by atoms with Crippen LogP contribution in [0.25, 0.3) is 11.1 Å². The maximum atomic E-state index is 11.9. The largest absolute Gasteiger partial charge is 0.466 e. The van der Waals surface area contributed by atoms with Gasteiger partial charge in [0.1, 0.15) is 0 Å². The van der Waals surface area contributed by atoms with E-state index in [4.69, 9.17) is 9.47 Å². The molecule has 0 saturated carbocycles. The van der Waals surface area contributed by atoms with Crippen molar-refractivity contribution in [2.75, 3.05) is 23.0 Å². The minimum atomic E-state index is -0.471. The highest BCUT2D eigenvalue weighted by atomic mass is 16.5. The van der Waals surface area contributed by atoms with Gasteiger partial charge in [-0.3, -0.25) is 9.59 Å². The first-order valence-corrected chi connectivity index (χ1v) is 19.1. The molecule has 0 N–H and O–H groups in total. The van der Waals surface area contributed by atoms with E-state index in [-0.39, 0.29) is 11.9 Å². The van der Waals surface area contributed by atoms with Crippen LogP contribution < -0.4 is 9.80 Å². The molecule has 0 saturated heterocycles. The molecule has 0 bridgehead atoms. The molecule has 0 aromatic heterocycles. The number of hydrogen-bond donors (Lipinski definition) is 0. The first kappa shape index (κ1) is 37.2. The Kier molecular flexibility index (Phi) is 11.1. The van der Waals surface area contributed by atoms with E-state index in [0.29, 0.717) is 26.1 Å². The Hall–Kier alpha value is -6.14. The van der Waals surface area contributed by atoms with Crippen LogP contribution >= 0.6 is 0 Å². The summed E-state index contributed by atoms with van der Waals surface area (Å²) in [6, 6.07) is 51.9. The van der Waals surface area contributed by atoms with Gasteiger partial charge in [0.05, 0.1) is 13.2 Å². The minimum absolute atomic E-state index is 0.283. The van der Waals surface area contributed by atoms with Crippen molar-refractivity contribution < 1.29 is 19.1 Å². The number of hydrogen-bond acceptors (Lipinski definition) is 6. The van der Waals surface area contributed by atoms with Crippen LogP contribution in [0.4, 0.5) is 34.1 Å². The van der Waals surface area contributed by atoms with Gasteiger partial charge < -0.3 is 19.3 Å². The van der Waals surface area contributed by atoms with Crippen molar-refractivity contribution in [1.29, 1.82) is 0 Å². The highest BCUT2D eigenvalue weighted by Gasteiger charge is 2.43. The summed E-state index contributed by atoms with van der Waals surface area (Å²) in [5.41, 5.74) is 13.1. The second-order valence-electron chi connectivity index (χ2n) is 14.4. The van der Waals surface area contributed by atoms with E-state index >= 15 is 0 Å². The van der Waals surface area contributed by atoms with Gasteiger partial charge in [0.25, 0.3) is 0 Å². The number of esters is 2. The summed E-state index contributed by atoms with van der Waals surface area (Å²) >= 11 is 0. The third kappa shape index (κ3) is 8.04. The number of benzene rings is 6. The number of para-hydroxylation sites is 2. The Balaban J connectivity index is 1.43. The molecule has 0 unspecified atom stereocenters. The van der Waals surface area contributed by atoms with E-state index in [1.165, 1.54) is 47.2 Å². The Morgan fingerprint density at radius 2 is 0.855 bits per heavy atom. The van der Waals surface area contributed by atoms with Crippen molar-refractivity contribution in [2.45, 2.75) is 58.8 Å². The zero-order valence-corrected chi connectivity index (χ0v) is 32.1. The molecule has 0 radical (unpaired) electrons. The second kappa shape index (κ2) is 16.5. The van der Waals surface area contributed by atoms with Crippen LogP contribution in [0.15, 0.2) is 146 Å². The molecule has 1 aliphatic rings. The Bertz CT molecular complexity index is 2120. The Labute approximate surface area is 325 Å². The van der Waals surface area contributed by atoms with Crippen LogP contribution in [-0.4, -0.2) is 25.2 Å². The lowest BCUT2D eigenvalue weighted by molar-refractivity contribution is -0.141. The lowest BCUT2D eigenvalue weighted by Gasteiger charge is -2.35. The number of ether oxygens (including phenoxy) is 2. The highest BCUT2D eigenvalue weighted by Crippen LogP contribution is 2.56. The lowest BCUT2D eigenvalue weighted by atomic mass is 9.71. The molecule has 0 atom stereocenters. The normalized spacial score (nSPS) is 12.4. The van der Waals surface area contributed by atoms with Crippen molar-refractivity contribution in [2.24, 2.45) is 0 Å². The number of carbonyl (C=O) groups excluding carboxylic acids is 2. The first-order valence-electron chi connectivity index (χ1n) is 19.1. The molecule has 6 heteroatoms. The molecule has 278 valence electrons. The number of carbonyl (C=O) groups is 2. The quantitative estimate of drug-likeness (QED) is 0.0822. The van der Waals surface area contributed by atoms with Crippen molar-refractivity contribution in [3.63, 3.8) is 0 Å². The van der Waals surface area contributed by atoms with Crippen LogP contribution in [0.2, 0.25) is 0 Å². The van der Waals surface area contributed by atoms with E-state index in [2.05, 4.69) is 157 Å². The maximum absolute atomic E-state index is 11.9. The maximum Gasteiger partial charge on any atom is 0.302 e. The molecule has 0 heterocycles. The van der Waals surface area contributed by atoms with E-state index in [1.807, 2.05) is 12.1 Å². The molecule has 7 rings (SSSR count). The first-order chi connectivity index (χ1) is 26.7. The third-order valence-corrected chi connectivity index (χ3v) is 10.5. The van der Waals surface area contributed by atoms with Gasteiger partial charge >= 0.3 is 11.9 Å². The van der Waals surface area contributed by atoms with Gasteiger partial charge in [-0.25, -0.2) is 0 Å². The summed E-state index contributed by atoms with van der Waals surface area (Å²) in [6.07, 6.45) is 2.81. The van der Waals surface area contributed by atoms with Crippen LogP contribution in [0.1, 0.15) is 61.8 Å². The topological polar surface area (TPSA) is 59.1 Å². The molecule has 6 aromatic carbocycles. The van der Waals surface area contributed by atoms with E-state index in [9.17, 15) is 9.59 Å². The summed E-state index contributed by atoms with van der Waals surface area (Å²) in [7, 11) is 0. The van der Waals surface area contributed by atoms with Crippen LogP contribution in [-0.2, 0) is 24.5 Å². The SMILES string of the molecule is CC(=O)OCCCC1(CCCOC(C)=O)c2cc(N(c3ccccc3)c3cccc(C)c3)ccc2-c2ccc(N(c3ccccc3)c3cccc(C)c3)cc21.